The van der Waals surface area contributed by atoms with Crippen molar-refractivity contribution in [3.05, 3.63) is 50.2 Å². The molecule has 3 aromatic rings. The number of para-hydroxylation sites is 1. The van der Waals surface area contributed by atoms with Gasteiger partial charge in [0.25, 0.3) is 0 Å². The maximum absolute atomic E-state index is 6.29. The smallest absolute Gasteiger partial charge is 0.131 e. The van der Waals surface area contributed by atoms with Gasteiger partial charge in [-0.05, 0) is 47.2 Å². The Morgan fingerprint density at radius 2 is 2.05 bits per heavy atom. The number of nitrogens with two attached hydrogens (primary N) is 1. The molecule has 3 nitrogen and oxygen atoms in total. The fourth-order valence-corrected chi connectivity index (χ4v) is 3.58. The van der Waals surface area contributed by atoms with E-state index < -0.39 is 0 Å². The van der Waals surface area contributed by atoms with Gasteiger partial charge in [-0.15, -0.1) is 11.3 Å². The highest BCUT2D eigenvalue weighted by Crippen LogP contribution is 2.32. The number of hydrogen-bond acceptors (Lipinski definition) is 3. The Morgan fingerprint density at radius 1 is 1.30 bits per heavy atom. The highest BCUT2D eigenvalue weighted by molar-refractivity contribution is 14.1. The van der Waals surface area contributed by atoms with Gasteiger partial charge in [-0.1, -0.05) is 25.1 Å². The molecule has 0 saturated heterocycles. The molecular formula is C15H14IN3S. The SMILES string of the molecule is CCc1c(-c2csc(I)c2)nn(-c2ccccc2)c1N. The van der Waals surface area contributed by atoms with Crippen LogP contribution in [0.1, 0.15) is 12.5 Å². The van der Waals surface area contributed by atoms with Gasteiger partial charge in [0.15, 0.2) is 0 Å². The van der Waals surface area contributed by atoms with Crippen molar-refractivity contribution < 1.29 is 0 Å². The molecule has 0 bridgehead atoms. The Kier molecular flexibility index (Phi) is 3.80. The molecule has 0 aliphatic heterocycles. The average molecular weight is 395 g/mol. The van der Waals surface area contributed by atoms with E-state index in [2.05, 4.69) is 41.0 Å². The van der Waals surface area contributed by atoms with Crippen LogP contribution in [0.15, 0.2) is 41.8 Å². The van der Waals surface area contributed by atoms with Gasteiger partial charge in [0, 0.05) is 16.5 Å². The first kappa shape index (κ1) is 13.6. The lowest BCUT2D eigenvalue weighted by molar-refractivity contribution is 0.895. The summed E-state index contributed by atoms with van der Waals surface area (Å²) in [6.07, 6.45) is 0.875. The number of nitrogens with zero attached hydrogens (tertiary/aromatic N) is 2. The van der Waals surface area contributed by atoms with Crippen LogP contribution in [0.5, 0.6) is 0 Å². The van der Waals surface area contributed by atoms with E-state index in [0.717, 1.165) is 34.7 Å². The van der Waals surface area contributed by atoms with Crippen LogP contribution >= 0.6 is 33.9 Å². The minimum absolute atomic E-state index is 0.731. The molecule has 0 unspecified atom stereocenters. The van der Waals surface area contributed by atoms with Crippen molar-refractivity contribution in [2.24, 2.45) is 0 Å². The van der Waals surface area contributed by atoms with E-state index >= 15 is 0 Å². The van der Waals surface area contributed by atoms with E-state index in [1.165, 1.54) is 2.88 Å². The lowest BCUT2D eigenvalue weighted by Crippen LogP contribution is -2.02. The van der Waals surface area contributed by atoms with Gasteiger partial charge >= 0.3 is 0 Å². The number of thiophene rings is 1. The summed E-state index contributed by atoms with van der Waals surface area (Å²) in [5, 5.41) is 6.87. The minimum Gasteiger partial charge on any atom is -0.383 e. The first-order valence-corrected chi connectivity index (χ1v) is 8.33. The van der Waals surface area contributed by atoms with Gasteiger partial charge in [0.2, 0.25) is 0 Å². The molecule has 0 radical (unpaired) electrons. The molecule has 0 saturated carbocycles. The van der Waals surface area contributed by atoms with Crippen LogP contribution in [0.25, 0.3) is 16.9 Å². The molecule has 0 atom stereocenters. The number of benzene rings is 1. The average Bonchev–Trinajstić information content (AvgIpc) is 3.03. The Morgan fingerprint density at radius 3 is 2.65 bits per heavy atom. The Balaban J connectivity index is 2.17. The second kappa shape index (κ2) is 5.57. The van der Waals surface area contributed by atoms with Crippen molar-refractivity contribution in [1.29, 1.82) is 0 Å². The number of anilines is 1. The largest absolute Gasteiger partial charge is 0.383 e. The minimum atomic E-state index is 0.731. The van der Waals surface area contributed by atoms with Crippen LogP contribution in [-0.4, -0.2) is 9.78 Å². The quantitative estimate of drug-likeness (QED) is 0.671. The summed E-state index contributed by atoms with van der Waals surface area (Å²) >= 11 is 4.06. The topological polar surface area (TPSA) is 43.8 Å². The van der Waals surface area contributed by atoms with E-state index in [9.17, 15) is 0 Å². The molecule has 2 N–H and O–H groups in total. The van der Waals surface area contributed by atoms with Crippen LogP contribution in [0.4, 0.5) is 5.82 Å². The predicted molar refractivity (Wildman–Crippen MR) is 93.4 cm³/mol. The molecule has 2 aromatic heterocycles. The molecule has 0 fully saturated rings. The first-order valence-electron chi connectivity index (χ1n) is 6.38. The van der Waals surface area contributed by atoms with Gasteiger partial charge in [-0.3, -0.25) is 0 Å². The normalized spacial score (nSPS) is 10.9. The maximum atomic E-state index is 6.29. The van der Waals surface area contributed by atoms with Crippen LogP contribution in [0.3, 0.4) is 0 Å². The molecule has 3 rings (SSSR count). The molecule has 0 amide bonds. The summed E-state index contributed by atoms with van der Waals surface area (Å²) in [6.45, 7) is 2.11. The van der Waals surface area contributed by atoms with E-state index in [4.69, 9.17) is 10.8 Å². The van der Waals surface area contributed by atoms with Gasteiger partial charge in [0.1, 0.15) is 5.82 Å². The first-order chi connectivity index (χ1) is 9.70. The number of aromatic nitrogens is 2. The molecular weight excluding hydrogens is 381 g/mol. The van der Waals surface area contributed by atoms with E-state index in [-0.39, 0.29) is 0 Å². The second-order valence-corrected chi connectivity index (χ2v) is 7.26. The number of rotatable bonds is 3. The lowest BCUT2D eigenvalue weighted by Gasteiger charge is -2.03. The van der Waals surface area contributed by atoms with Crippen molar-refractivity contribution in [2.75, 3.05) is 5.73 Å². The molecule has 0 spiro atoms. The highest BCUT2D eigenvalue weighted by Gasteiger charge is 2.17. The zero-order chi connectivity index (χ0) is 14.1. The Labute approximate surface area is 135 Å². The van der Waals surface area contributed by atoms with Crippen molar-refractivity contribution >= 4 is 39.7 Å². The third-order valence-corrected chi connectivity index (χ3v) is 5.01. The summed E-state index contributed by atoms with van der Waals surface area (Å²) < 4.78 is 3.09. The van der Waals surface area contributed by atoms with Crippen molar-refractivity contribution in [3.8, 4) is 16.9 Å². The van der Waals surface area contributed by atoms with Gasteiger partial charge in [0.05, 0.1) is 14.3 Å². The number of hydrogen-bond donors (Lipinski definition) is 1. The van der Waals surface area contributed by atoms with Crippen molar-refractivity contribution in [2.45, 2.75) is 13.3 Å². The molecule has 1 aromatic carbocycles. The van der Waals surface area contributed by atoms with Crippen molar-refractivity contribution in [1.82, 2.24) is 9.78 Å². The van der Waals surface area contributed by atoms with E-state index in [1.54, 1.807) is 11.3 Å². The summed E-state index contributed by atoms with van der Waals surface area (Å²) in [5.74, 6) is 0.731. The third kappa shape index (κ3) is 2.35. The summed E-state index contributed by atoms with van der Waals surface area (Å²) in [7, 11) is 0. The summed E-state index contributed by atoms with van der Waals surface area (Å²) in [4.78, 5) is 0. The Hall–Kier alpha value is -1.34. The van der Waals surface area contributed by atoms with Crippen LogP contribution in [-0.2, 0) is 6.42 Å². The summed E-state index contributed by atoms with van der Waals surface area (Å²) in [5.41, 5.74) is 10.5. The van der Waals surface area contributed by atoms with Gasteiger partial charge in [-0.25, -0.2) is 4.68 Å². The maximum Gasteiger partial charge on any atom is 0.131 e. The lowest BCUT2D eigenvalue weighted by atomic mass is 10.1. The monoisotopic (exact) mass is 395 g/mol. The number of nitrogen functional groups attached to an aromatic ring is 1. The van der Waals surface area contributed by atoms with Crippen LogP contribution in [0, 0.1) is 2.88 Å². The number of halogens is 1. The second-order valence-electron chi connectivity index (χ2n) is 4.45. The molecule has 2 heterocycles. The van der Waals surface area contributed by atoms with E-state index in [0.29, 0.717) is 0 Å². The Bertz CT molecular complexity index is 731. The van der Waals surface area contributed by atoms with Crippen LogP contribution < -0.4 is 5.73 Å². The highest BCUT2D eigenvalue weighted by atomic mass is 127. The fourth-order valence-electron chi connectivity index (χ4n) is 2.24. The molecule has 0 aliphatic rings. The zero-order valence-corrected chi connectivity index (χ0v) is 14.0. The molecule has 5 heteroatoms. The van der Waals surface area contributed by atoms with Gasteiger partial charge in [-0.2, -0.15) is 5.10 Å². The predicted octanol–water partition coefficient (Wildman–Crippen LogP) is 4.35. The molecule has 0 aliphatic carbocycles. The molecule has 20 heavy (non-hydrogen) atoms. The van der Waals surface area contributed by atoms with Gasteiger partial charge < -0.3 is 5.73 Å². The standard InChI is InChI=1S/C15H14IN3S/c1-2-12-14(10-8-13(16)20-9-10)18-19(15(12)17)11-6-4-3-5-7-11/h3-9H,2,17H2,1H3. The van der Waals surface area contributed by atoms with E-state index in [1.807, 2.05) is 35.0 Å². The van der Waals surface area contributed by atoms with Crippen molar-refractivity contribution in [3.63, 3.8) is 0 Å². The zero-order valence-electron chi connectivity index (χ0n) is 11.0. The fraction of sp³-hybridized carbons (Fsp3) is 0.133. The summed E-state index contributed by atoms with van der Waals surface area (Å²) in [6, 6.07) is 12.2. The van der Waals surface area contributed by atoms with Crippen LogP contribution in [0.2, 0.25) is 0 Å². The third-order valence-electron chi connectivity index (χ3n) is 3.22. The molecule has 102 valence electrons.